The summed E-state index contributed by atoms with van der Waals surface area (Å²) < 4.78 is 22.1. The van der Waals surface area contributed by atoms with Gasteiger partial charge in [0, 0.05) is 6.07 Å². The second-order valence-corrected chi connectivity index (χ2v) is 13.3. The lowest BCUT2D eigenvalue weighted by atomic mass is 9.68. The van der Waals surface area contributed by atoms with Gasteiger partial charge in [-0.3, -0.25) is 4.79 Å². The maximum Gasteiger partial charge on any atom is 0.335 e. The number of hydrogen-bond donors (Lipinski definition) is 2. The lowest BCUT2D eigenvalue weighted by Crippen LogP contribution is -2.25. The Morgan fingerprint density at radius 2 is 1.36 bits per heavy atom. The predicted molar refractivity (Wildman–Crippen MR) is 182 cm³/mol. The summed E-state index contributed by atoms with van der Waals surface area (Å²) >= 11 is 0. The molecule has 0 radical (unpaired) electrons. The van der Waals surface area contributed by atoms with E-state index >= 15 is 0 Å². The van der Waals surface area contributed by atoms with E-state index in [1.807, 2.05) is 12.1 Å². The monoisotopic (exact) mass is 650 g/mol. The maximum atomic E-state index is 11.9. The van der Waals surface area contributed by atoms with Gasteiger partial charge in [-0.25, -0.2) is 4.79 Å². The van der Waals surface area contributed by atoms with Crippen LogP contribution in [0.3, 0.4) is 0 Å². The molecule has 0 bridgehead atoms. The summed E-state index contributed by atoms with van der Waals surface area (Å²) in [6.07, 6.45) is 13.7. The van der Waals surface area contributed by atoms with E-state index in [9.17, 15) is 9.59 Å². The van der Waals surface area contributed by atoms with Crippen molar-refractivity contribution in [3.05, 3.63) is 60.2 Å². The largest absolute Gasteiger partial charge is 0.490 e. The Bertz CT molecular complexity index is 1270. The number of aliphatic hydroxyl groups is 2. The second kappa shape index (κ2) is 18.8. The topological polar surface area (TPSA) is 112 Å². The molecule has 1 unspecified atom stereocenters. The first-order valence-corrected chi connectivity index (χ1v) is 17.6. The summed E-state index contributed by atoms with van der Waals surface area (Å²) in [6.45, 7) is 6.93. The van der Waals surface area contributed by atoms with Crippen LogP contribution in [-0.4, -0.2) is 61.8 Å². The number of benzene rings is 2. The van der Waals surface area contributed by atoms with E-state index in [1.54, 1.807) is 13.0 Å². The zero-order valence-electron chi connectivity index (χ0n) is 28.3. The highest BCUT2D eigenvalue weighted by Crippen LogP contribution is 2.44. The Hall–Kier alpha value is -3.36. The molecule has 8 nitrogen and oxygen atoms in total. The molecule has 0 amide bonds. The fourth-order valence-corrected chi connectivity index (χ4v) is 7.11. The van der Waals surface area contributed by atoms with Crippen LogP contribution >= 0.6 is 0 Å². The normalized spacial score (nSPS) is 21.8. The number of aliphatic hydroxyl groups excluding tert-OH is 2. The van der Waals surface area contributed by atoms with Crippen LogP contribution in [0, 0.1) is 23.7 Å². The summed E-state index contributed by atoms with van der Waals surface area (Å²) in [5.41, 5.74) is 3.31. The number of esters is 2. The second-order valence-electron chi connectivity index (χ2n) is 13.3. The van der Waals surface area contributed by atoms with E-state index in [0.29, 0.717) is 17.4 Å². The van der Waals surface area contributed by atoms with Crippen LogP contribution in [0.5, 0.6) is 11.5 Å². The number of hydrogen-bond acceptors (Lipinski definition) is 8. The highest BCUT2D eigenvalue weighted by Gasteiger charge is 2.31. The van der Waals surface area contributed by atoms with Crippen molar-refractivity contribution in [2.24, 2.45) is 23.7 Å². The Balaban J connectivity index is 1.36. The predicted octanol–water partition coefficient (Wildman–Crippen LogP) is 7.25. The molecule has 1 atom stereocenters. The van der Waals surface area contributed by atoms with Gasteiger partial charge in [0.15, 0.2) is 0 Å². The van der Waals surface area contributed by atoms with E-state index in [1.165, 1.54) is 69.8 Å². The minimum Gasteiger partial charge on any atom is -0.490 e. The summed E-state index contributed by atoms with van der Waals surface area (Å²) in [5, 5.41) is 18.2. The molecular weight excluding hydrogens is 596 g/mol. The Morgan fingerprint density at radius 3 is 1.91 bits per heavy atom. The van der Waals surface area contributed by atoms with Crippen LogP contribution in [0.1, 0.15) is 89.5 Å². The Labute approximate surface area is 280 Å². The summed E-state index contributed by atoms with van der Waals surface area (Å²) in [4.78, 5) is 23.7. The molecule has 0 saturated heterocycles. The molecule has 0 spiro atoms. The van der Waals surface area contributed by atoms with Crippen LogP contribution in [0.25, 0.3) is 11.1 Å². The van der Waals surface area contributed by atoms with Crippen LogP contribution in [0.2, 0.25) is 0 Å². The first-order valence-electron chi connectivity index (χ1n) is 17.6. The number of carbonyl (C=O) groups excluding carboxylic acids is 2. The summed E-state index contributed by atoms with van der Waals surface area (Å²) in [6, 6.07) is 14.4. The minimum absolute atomic E-state index is 0.00563. The first kappa shape index (κ1) is 36.5. The lowest BCUT2D eigenvalue weighted by Gasteiger charge is -2.38. The molecular formula is C39H54O8. The minimum atomic E-state index is -0.665. The van der Waals surface area contributed by atoms with Crippen molar-refractivity contribution < 1.29 is 38.7 Å². The molecule has 2 N–H and O–H groups in total. The van der Waals surface area contributed by atoms with E-state index < -0.39 is 24.5 Å². The molecule has 2 aromatic rings. The van der Waals surface area contributed by atoms with Gasteiger partial charge in [0.2, 0.25) is 0 Å². The average molecular weight is 651 g/mol. The van der Waals surface area contributed by atoms with E-state index in [4.69, 9.17) is 29.2 Å². The van der Waals surface area contributed by atoms with E-state index in [0.717, 1.165) is 28.9 Å². The van der Waals surface area contributed by atoms with Gasteiger partial charge in [-0.15, -0.1) is 0 Å². The zero-order valence-corrected chi connectivity index (χ0v) is 28.3. The van der Waals surface area contributed by atoms with Crippen molar-refractivity contribution >= 4 is 11.9 Å². The first-order chi connectivity index (χ1) is 22.8. The maximum absolute atomic E-state index is 11.9. The van der Waals surface area contributed by atoms with Crippen LogP contribution in [0.4, 0.5) is 0 Å². The number of rotatable bonds is 17. The third-order valence-electron chi connectivity index (χ3n) is 9.96. The van der Waals surface area contributed by atoms with Crippen LogP contribution in [-0.2, 0) is 19.1 Å². The standard InChI is InChI=1S/C39H54O8/c1-4-5-29-6-8-30(9-7-29)31-10-12-32(13-11-31)33-14-16-34(17-15-33)35-22-36(44-18-20-46-38(42)27(2)25-40)24-37(23-35)45-19-21-47-39(43)28(3)26-41/h14-17,22-24,28-32,40-41H,2,4-13,18-21,25-26H2,1,3H3. The lowest BCUT2D eigenvalue weighted by molar-refractivity contribution is -0.149. The van der Waals surface area contributed by atoms with Gasteiger partial charge >= 0.3 is 11.9 Å². The summed E-state index contributed by atoms with van der Waals surface area (Å²) in [7, 11) is 0. The zero-order chi connectivity index (χ0) is 33.6. The fraction of sp³-hybridized carbons (Fsp3) is 0.590. The molecule has 8 heteroatoms. The van der Waals surface area contributed by atoms with Gasteiger partial charge in [-0.05, 0) is 97.9 Å². The fourth-order valence-electron chi connectivity index (χ4n) is 7.11. The van der Waals surface area contributed by atoms with Gasteiger partial charge in [-0.1, -0.05) is 63.5 Å². The number of ether oxygens (including phenoxy) is 4. The molecule has 2 aliphatic carbocycles. The smallest absolute Gasteiger partial charge is 0.335 e. The van der Waals surface area contributed by atoms with Crippen molar-refractivity contribution in [3.8, 4) is 22.6 Å². The average Bonchev–Trinajstić information content (AvgIpc) is 3.11. The molecule has 0 heterocycles. The van der Waals surface area contributed by atoms with E-state index in [2.05, 4.69) is 37.8 Å². The molecule has 2 aromatic carbocycles. The highest BCUT2D eigenvalue weighted by atomic mass is 16.6. The van der Waals surface area contributed by atoms with Gasteiger partial charge in [0.1, 0.15) is 37.9 Å². The molecule has 0 aromatic heterocycles. The van der Waals surface area contributed by atoms with Crippen molar-refractivity contribution in [2.45, 2.75) is 84.0 Å². The van der Waals surface area contributed by atoms with Gasteiger partial charge < -0.3 is 29.2 Å². The van der Waals surface area contributed by atoms with Crippen molar-refractivity contribution in [1.29, 1.82) is 0 Å². The molecule has 4 rings (SSSR count). The summed E-state index contributed by atoms with van der Waals surface area (Å²) in [5.74, 6) is 2.74. The molecule has 47 heavy (non-hydrogen) atoms. The Morgan fingerprint density at radius 1 is 0.787 bits per heavy atom. The Kier molecular flexibility index (Phi) is 14.6. The molecule has 0 aliphatic heterocycles. The number of carbonyl (C=O) groups is 2. The SMILES string of the molecule is C=C(CO)C(=O)OCCOc1cc(OCCOC(=O)C(C)CO)cc(-c2ccc(C3CCC(C4CCC(CCC)CC4)CC3)cc2)c1. The van der Waals surface area contributed by atoms with Crippen LogP contribution < -0.4 is 9.47 Å². The molecule has 2 fully saturated rings. The van der Waals surface area contributed by atoms with Gasteiger partial charge in [0.25, 0.3) is 0 Å². The highest BCUT2D eigenvalue weighted by molar-refractivity contribution is 5.87. The third kappa shape index (κ3) is 11.1. The van der Waals surface area contributed by atoms with E-state index in [-0.39, 0.29) is 38.6 Å². The molecule has 258 valence electrons. The molecule has 2 saturated carbocycles. The van der Waals surface area contributed by atoms with Crippen LogP contribution in [0.15, 0.2) is 54.6 Å². The third-order valence-corrected chi connectivity index (χ3v) is 9.96. The van der Waals surface area contributed by atoms with Crippen molar-refractivity contribution in [3.63, 3.8) is 0 Å². The molecule has 2 aliphatic rings. The van der Waals surface area contributed by atoms with Gasteiger partial charge in [0.05, 0.1) is 24.7 Å². The van der Waals surface area contributed by atoms with Gasteiger partial charge in [-0.2, -0.15) is 0 Å². The quantitative estimate of drug-likeness (QED) is 0.105. The van der Waals surface area contributed by atoms with Crippen molar-refractivity contribution in [1.82, 2.24) is 0 Å². The van der Waals surface area contributed by atoms with Crippen molar-refractivity contribution in [2.75, 3.05) is 39.6 Å².